The quantitative estimate of drug-likeness (QED) is 0.908. The van der Waals surface area contributed by atoms with E-state index in [1.54, 1.807) is 11.3 Å². The van der Waals surface area contributed by atoms with Gasteiger partial charge in [-0.1, -0.05) is 24.3 Å². The highest BCUT2D eigenvalue weighted by Gasteiger charge is 2.25. The van der Waals surface area contributed by atoms with E-state index in [-0.39, 0.29) is 11.8 Å². The highest BCUT2D eigenvalue weighted by molar-refractivity contribution is 7.09. The molecule has 0 saturated heterocycles. The van der Waals surface area contributed by atoms with Crippen molar-refractivity contribution in [2.24, 2.45) is 0 Å². The number of aromatic nitrogens is 1. The van der Waals surface area contributed by atoms with Crippen LogP contribution in [0.15, 0.2) is 29.6 Å². The number of carbonyl (C=O) groups is 1. The van der Waals surface area contributed by atoms with Crippen LogP contribution in [0.4, 0.5) is 0 Å². The van der Waals surface area contributed by atoms with Crippen molar-refractivity contribution >= 4 is 17.2 Å². The van der Waals surface area contributed by atoms with Crippen LogP contribution in [-0.4, -0.2) is 24.0 Å². The van der Waals surface area contributed by atoms with Gasteiger partial charge in [0, 0.05) is 37.1 Å². The van der Waals surface area contributed by atoms with Gasteiger partial charge in [0.05, 0.1) is 10.9 Å². The van der Waals surface area contributed by atoms with E-state index >= 15 is 0 Å². The van der Waals surface area contributed by atoms with Gasteiger partial charge in [-0.25, -0.2) is 4.98 Å². The minimum absolute atomic E-state index is 0.0898. The first kappa shape index (κ1) is 14.2. The van der Waals surface area contributed by atoms with Crippen LogP contribution in [0, 0.1) is 6.92 Å². The number of aryl methyl sites for hydroxylation is 1. The van der Waals surface area contributed by atoms with Gasteiger partial charge in [-0.05, 0) is 18.1 Å². The highest BCUT2D eigenvalue weighted by Crippen LogP contribution is 2.23. The van der Waals surface area contributed by atoms with Gasteiger partial charge in [0.2, 0.25) is 5.91 Å². The molecule has 2 aromatic rings. The number of fused-ring (bicyclic) bond motifs is 1. The molecule has 1 atom stereocenters. The fraction of sp³-hybridized carbons (Fsp3) is 0.375. The number of carbonyl (C=O) groups excluding carboxylic acids is 1. The Morgan fingerprint density at radius 3 is 3.14 bits per heavy atom. The third-order valence-electron chi connectivity index (χ3n) is 3.72. The van der Waals surface area contributed by atoms with Gasteiger partial charge >= 0.3 is 0 Å². The van der Waals surface area contributed by atoms with Crippen LogP contribution in [0.1, 0.15) is 27.7 Å². The zero-order chi connectivity index (χ0) is 14.7. The lowest BCUT2D eigenvalue weighted by atomic mass is 9.90. The molecule has 2 N–H and O–H groups in total. The number of amides is 1. The molecule has 0 spiro atoms. The first-order chi connectivity index (χ1) is 10.2. The normalized spacial score (nSPS) is 17.3. The molecule has 0 bridgehead atoms. The summed E-state index contributed by atoms with van der Waals surface area (Å²) < 4.78 is 0. The Hall–Kier alpha value is -1.72. The van der Waals surface area contributed by atoms with Crippen LogP contribution in [0.3, 0.4) is 0 Å². The molecule has 110 valence electrons. The van der Waals surface area contributed by atoms with Gasteiger partial charge in [0.15, 0.2) is 0 Å². The van der Waals surface area contributed by atoms with Crippen LogP contribution in [0.25, 0.3) is 0 Å². The first-order valence-electron chi connectivity index (χ1n) is 7.21. The monoisotopic (exact) mass is 301 g/mol. The molecule has 1 aliphatic rings. The van der Waals surface area contributed by atoms with E-state index in [4.69, 9.17) is 0 Å². The maximum absolute atomic E-state index is 12.4. The van der Waals surface area contributed by atoms with Gasteiger partial charge in [0.1, 0.15) is 0 Å². The Bertz CT molecular complexity index is 638. The summed E-state index contributed by atoms with van der Waals surface area (Å²) in [6.45, 7) is 4.19. The third kappa shape index (κ3) is 3.31. The Labute approximate surface area is 128 Å². The maximum atomic E-state index is 12.4. The zero-order valence-electron chi connectivity index (χ0n) is 12.1. The lowest BCUT2D eigenvalue weighted by molar-refractivity contribution is -0.122. The second-order valence-corrected chi connectivity index (χ2v) is 6.25. The largest absolute Gasteiger partial charge is 0.355 e. The molecule has 1 aromatic carbocycles. The van der Waals surface area contributed by atoms with Crippen molar-refractivity contribution in [2.45, 2.75) is 25.8 Å². The van der Waals surface area contributed by atoms with Crippen LogP contribution in [0.2, 0.25) is 0 Å². The van der Waals surface area contributed by atoms with Crippen molar-refractivity contribution < 1.29 is 4.79 Å². The summed E-state index contributed by atoms with van der Waals surface area (Å²) in [6, 6.07) is 8.17. The van der Waals surface area contributed by atoms with Gasteiger partial charge in [0.25, 0.3) is 0 Å². The van der Waals surface area contributed by atoms with Gasteiger partial charge in [-0.3, -0.25) is 4.79 Å². The van der Waals surface area contributed by atoms with Crippen molar-refractivity contribution in [3.63, 3.8) is 0 Å². The standard InChI is InChI=1S/C16H19N3OS/c1-11-10-21-15(19-11)6-7-18-16(20)14-9-17-8-12-4-2-3-5-13(12)14/h2-5,10,14,17H,6-9H2,1H3,(H,18,20). The molecule has 1 unspecified atom stereocenters. The predicted molar refractivity (Wildman–Crippen MR) is 84.5 cm³/mol. The molecule has 5 heteroatoms. The molecule has 21 heavy (non-hydrogen) atoms. The summed E-state index contributed by atoms with van der Waals surface area (Å²) in [7, 11) is 0. The van der Waals surface area contributed by atoms with Crippen molar-refractivity contribution in [2.75, 3.05) is 13.1 Å². The van der Waals surface area contributed by atoms with E-state index in [0.29, 0.717) is 13.1 Å². The van der Waals surface area contributed by atoms with Crippen molar-refractivity contribution in [3.05, 3.63) is 51.5 Å². The van der Waals surface area contributed by atoms with Crippen molar-refractivity contribution in [3.8, 4) is 0 Å². The van der Waals surface area contributed by atoms with E-state index in [9.17, 15) is 4.79 Å². The second kappa shape index (κ2) is 6.37. The summed E-state index contributed by atoms with van der Waals surface area (Å²) >= 11 is 1.65. The predicted octanol–water partition coefficient (Wildman–Crippen LogP) is 2.00. The SMILES string of the molecule is Cc1csc(CCNC(=O)C2CNCc3ccccc32)n1. The molecule has 0 fully saturated rings. The Morgan fingerprint density at radius 2 is 2.33 bits per heavy atom. The summed E-state index contributed by atoms with van der Waals surface area (Å²) in [5, 5.41) is 9.47. The average Bonchev–Trinajstić information content (AvgIpc) is 2.92. The van der Waals surface area contributed by atoms with Gasteiger partial charge in [-0.2, -0.15) is 0 Å². The number of hydrogen-bond donors (Lipinski definition) is 2. The molecular weight excluding hydrogens is 282 g/mol. The van der Waals surface area contributed by atoms with Gasteiger partial charge in [-0.15, -0.1) is 11.3 Å². The Morgan fingerprint density at radius 1 is 1.48 bits per heavy atom. The first-order valence-corrected chi connectivity index (χ1v) is 8.09. The number of thiazole rings is 1. The molecule has 0 aliphatic carbocycles. The number of nitrogens with one attached hydrogen (secondary N) is 2. The van der Waals surface area contributed by atoms with Crippen molar-refractivity contribution in [1.29, 1.82) is 0 Å². The molecule has 1 aromatic heterocycles. The van der Waals surface area contributed by atoms with E-state index in [0.717, 1.165) is 29.2 Å². The van der Waals surface area contributed by atoms with Gasteiger partial charge < -0.3 is 10.6 Å². The van der Waals surface area contributed by atoms with Crippen molar-refractivity contribution in [1.82, 2.24) is 15.6 Å². The van der Waals surface area contributed by atoms with E-state index in [1.165, 1.54) is 5.56 Å². The topological polar surface area (TPSA) is 54.0 Å². The minimum Gasteiger partial charge on any atom is -0.355 e. The minimum atomic E-state index is -0.0898. The lowest BCUT2D eigenvalue weighted by Gasteiger charge is -2.25. The van der Waals surface area contributed by atoms with Crippen LogP contribution in [-0.2, 0) is 17.8 Å². The number of nitrogens with zero attached hydrogens (tertiary/aromatic N) is 1. The number of hydrogen-bond acceptors (Lipinski definition) is 4. The fourth-order valence-corrected chi connectivity index (χ4v) is 3.44. The lowest BCUT2D eigenvalue weighted by Crippen LogP contribution is -2.39. The highest BCUT2D eigenvalue weighted by atomic mass is 32.1. The second-order valence-electron chi connectivity index (χ2n) is 5.31. The van der Waals surface area contributed by atoms with E-state index in [2.05, 4.69) is 27.8 Å². The summed E-state index contributed by atoms with van der Waals surface area (Å²) in [5.74, 6) is 0.0101. The molecule has 1 aliphatic heterocycles. The molecule has 1 amide bonds. The maximum Gasteiger partial charge on any atom is 0.228 e. The molecule has 4 nitrogen and oxygen atoms in total. The summed E-state index contributed by atoms with van der Waals surface area (Å²) in [4.78, 5) is 16.8. The molecule has 0 radical (unpaired) electrons. The van der Waals surface area contributed by atoms with E-state index < -0.39 is 0 Å². The molecule has 0 saturated carbocycles. The van der Waals surface area contributed by atoms with E-state index in [1.807, 2.05) is 24.4 Å². The van der Waals surface area contributed by atoms with Crippen LogP contribution in [0.5, 0.6) is 0 Å². The van der Waals surface area contributed by atoms with Crippen LogP contribution < -0.4 is 10.6 Å². The zero-order valence-corrected chi connectivity index (χ0v) is 12.9. The fourth-order valence-electron chi connectivity index (χ4n) is 2.66. The molecule has 2 heterocycles. The summed E-state index contributed by atoms with van der Waals surface area (Å²) in [6.07, 6.45) is 0.798. The smallest absolute Gasteiger partial charge is 0.228 e. The Balaban J connectivity index is 1.59. The average molecular weight is 301 g/mol. The summed E-state index contributed by atoms with van der Waals surface area (Å²) in [5.41, 5.74) is 3.42. The number of rotatable bonds is 4. The number of benzene rings is 1. The Kier molecular flexibility index (Phi) is 4.31. The third-order valence-corrected chi connectivity index (χ3v) is 4.74. The molecule has 3 rings (SSSR count). The molecular formula is C16H19N3OS. The van der Waals surface area contributed by atoms with Crippen LogP contribution >= 0.6 is 11.3 Å².